The van der Waals surface area contributed by atoms with Gasteiger partial charge in [0.2, 0.25) is 0 Å². The Morgan fingerprint density at radius 1 is 0.256 bits per heavy atom. The number of hydrogen-bond acceptors (Lipinski definition) is 6. The lowest BCUT2D eigenvalue weighted by atomic mass is 10.0. The lowest BCUT2D eigenvalue weighted by molar-refractivity contribution is -0.167. The predicted molar refractivity (Wildman–Crippen MR) is 358 cm³/mol. The van der Waals surface area contributed by atoms with Gasteiger partial charge in [0.15, 0.2) is 6.10 Å². The molecule has 82 heavy (non-hydrogen) atoms. The second kappa shape index (κ2) is 70.3. The molecule has 6 heteroatoms. The second-order valence-electron chi connectivity index (χ2n) is 24.1. The first-order valence-electron chi connectivity index (χ1n) is 35.9. The van der Waals surface area contributed by atoms with E-state index in [1.165, 1.54) is 231 Å². The van der Waals surface area contributed by atoms with Gasteiger partial charge < -0.3 is 14.2 Å². The number of hydrogen-bond donors (Lipinski definition) is 0. The van der Waals surface area contributed by atoms with E-state index in [1.807, 2.05) is 0 Å². The molecule has 0 N–H and O–H groups in total. The van der Waals surface area contributed by atoms with Crippen molar-refractivity contribution in [3.05, 3.63) is 72.9 Å². The molecule has 0 saturated carbocycles. The van der Waals surface area contributed by atoms with Crippen LogP contribution in [0.1, 0.15) is 374 Å². The van der Waals surface area contributed by atoms with E-state index < -0.39 is 6.10 Å². The average Bonchev–Trinajstić information content (AvgIpc) is 3.48. The highest BCUT2D eigenvalue weighted by Gasteiger charge is 2.19. The molecule has 0 bridgehead atoms. The Hall–Kier alpha value is -3.15. The summed E-state index contributed by atoms with van der Waals surface area (Å²) in [5.41, 5.74) is 0. The third-order valence-electron chi connectivity index (χ3n) is 15.9. The van der Waals surface area contributed by atoms with Gasteiger partial charge in [0, 0.05) is 19.3 Å². The molecule has 0 aromatic rings. The number of esters is 3. The smallest absolute Gasteiger partial charge is 0.306 e. The maximum atomic E-state index is 12.9. The highest BCUT2D eigenvalue weighted by Crippen LogP contribution is 2.18. The molecular weight excluding hydrogens is 1010 g/mol. The zero-order valence-electron chi connectivity index (χ0n) is 54.8. The molecule has 0 radical (unpaired) electrons. The van der Waals surface area contributed by atoms with Gasteiger partial charge >= 0.3 is 17.9 Å². The minimum atomic E-state index is -0.787. The molecule has 0 aliphatic carbocycles. The molecule has 476 valence electrons. The minimum absolute atomic E-state index is 0.0811. The van der Waals surface area contributed by atoms with Crippen LogP contribution in [-0.2, 0) is 28.6 Å². The Bertz CT molecular complexity index is 1500. The van der Waals surface area contributed by atoms with Crippen molar-refractivity contribution in [2.24, 2.45) is 0 Å². The molecule has 6 nitrogen and oxygen atoms in total. The summed E-state index contributed by atoms with van der Waals surface area (Å²) in [5, 5.41) is 0. The van der Waals surface area contributed by atoms with Crippen LogP contribution in [0, 0.1) is 0 Å². The molecule has 0 aliphatic rings. The van der Waals surface area contributed by atoms with E-state index in [1.54, 1.807) is 0 Å². The molecule has 0 spiro atoms. The SMILES string of the molecule is CC/C=C\C/C=C\C/C=C\CCCCCCCCCC(=O)OC(COC(=O)CCCCCCC/C=C\C/C=C\CCCC)COC(=O)CCCCCCCCCCCCCCCCCCCCCCC/C=C\CCCCCCCCCC. The summed E-state index contributed by atoms with van der Waals surface area (Å²) in [4.78, 5) is 38.4. The summed E-state index contributed by atoms with van der Waals surface area (Å²) < 4.78 is 17.0. The van der Waals surface area contributed by atoms with Gasteiger partial charge in [0.1, 0.15) is 13.2 Å². The van der Waals surface area contributed by atoms with Gasteiger partial charge in [-0.05, 0) is 103 Å². The van der Waals surface area contributed by atoms with Crippen LogP contribution >= 0.6 is 0 Å². The summed E-state index contributed by atoms with van der Waals surface area (Å²) in [5.74, 6) is -0.887. The normalized spacial score (nSPS) is 12.5. The molecule has 0 aromatic heterocycles. The van der Waals surface area contributed by atoms with Gasteiger partial charge in [0.05, 0.1) is 0 Å². The second-order valence-corrected chi connectivity index (χ2v) is 24.1. The van der Waals surface area contributed by atoms with Crippen molar-refractivity contribution in [3.8, 4) is 0 Å². The largest absolute Gasteiger partial charge is 0.462 e. The van der Waals surface area contributed by atoms with Crippen LogP contribution in [0.3, 0.4) is 0 Å². The zero-order valence-corrected chi connectivity index (χ0v) is 54.8. The van der Waals surface area contributed by atoms with Gasteiger partial charge in [-0.25, -0.2) is 0 Å². The Balaban J connectivity index is 4.15. The molecule has 0 saturated heterocycles. The van der Waals surface area contributed by atoms with Crippen molar-refractivity contribution < 1.29 is 28.6 Å². The fourth-order valence-corrected chi connectivity index (χ4v) is 10.5. The fourth-order valence-electron chi connectivity index (χ4n) is 10.5. The monoisotopic (exact) mass is 1150 g/mol. The van der Waals surface area contributed by atoms with Gasteiger partial charge in [-0.3, -0.25) is 14.4 Å². The molecule has 0 aliphatic heterocycles. The third kappa shape index (κ3) is 67.6. The number of unbranched alkanes of at least 4 members (excludes halogenated alkanes) is 43. The van der Waals surface area contributed by atoms with E-state index in [-0.39, 0.29) is 31.1 Å². The standard InChI is InChI=1S/C76H136O6/c1-4-7-10-13-16-19-22-25-28-30-31-32-33-34-35-36-37-38-39-40-41-42-43-44-45-47-48-51-54-57-60-63-66-69-75(78)81-72-73(71-80-74(77)68-65-62-59-56-53-50-27-24-21-18-15-12-9-6-3)82-76(79)70-67-64-61-58-55-52-49-46-29-26-23-20-17-14-11-8-5-2/h8,11,15,17-18,20,24,26-27,29-31,73H,4-7,9-10,12-14,16,19,21-23,25,28,32-72H2,1-3H3/b11-8-,18-15-,20-17-,27-24-,29-26-,31-30-. The van der Waals surface area contributed by atoms with Gasteiger partial charge in [-0.15, -0.1) is 0 Å². The number of allylic oxidation sites excluding steroid dienone is 12. The van der Waals surface area contributed by atoms with Crippen LogP contribution in [-0.4, -0.2) is 37.2 Å². The van der Waals surface area contributed by atoms with Crippen molar-refractivity contribution in [2.75, 3.05) is 13.2 Å². The number of ether oxygens (including phenoxy) is 3. The molecular formula is C76H136O6. The van der Waals surface area contributed by atoms with Crippen molar-refractivity contribution in [1.82, 2.24) is 0 Å². The summed E-state index contributed by atoms with van der Waals surface area (Å²) >= 11 is 0. The third-order valence-corrected chi connectivity index (χ3v) is 15.9. The van der Waals surface area contributed by atoms with E-state index in [0.29, 0.717) is 19.3 Å². The van der Waals surface area contributed by atoms with E-state index in [0.717, 1.165) is 103 Å². The first kappa shape index (κ1) is 78.8. The Morgan fingerprint density at radius 3 is 0.793 bits per heavy atom. The number of carbonyl (C=O) groups excluding carboxylic acids is 3. The van der Waals surface area contributed by atoms with Crippen LogP contribution in [0.15, 0.2) is 72.9 Å². The predicted octanol–water partition coefficient (Wildman–Crippen LogP) is 24.8. The summed E-state index contributed by atoms with van der Waals surface area (Å²) in [6, 6.07) is 0. The minimum Gasteiger partial charge on any atom is -0.462 e. The average molecular weight is 1150 g/mol. The summed E-state index contributed by atoms with van der Waals surface area (Å²) in [6.07, 6.45) is 92.4. The topological polar surface area (TPSA) is 78.9 Å². The first-order chi connectivity index (χ1) is 40.5. The van der Waals surface area contributed by atoms with Gasteiger partial charge in [-0.1, -0.05) is 325 Å². The van der Waals surface area contributed by atoms with Crippen LogP contribution < -0.4 is 0 Å². The zero-order chi connectivity index (χ0) is 59.2. The fraction of sp³-hybridized carbons (Fsp3) is 0.803. The molecule has 0 heterocycles. The van der Waals surface area contributed by atoms with Crippen molar-refractivity contribution in [1.29, 1.82) is 0 Å². The molecule has 0 rings (SSSR count). The highest BCUT2D eigenvalue weighted by atomic mass is 16.6. The van der Waals surface area contributed by atoms with Crippen LogP contribution in [0.5, 0.6) is 0 Å². The van der Waals surface area contributed by atoms with Crippen molar-refractivity contribution in [3.63, 3.8) is 0 Å². The van der Waals surface area contributed by atoms with E-state index in [4.69, 9.17) is 14.2 Å². The molecule has 0 amide bonds. The van der Waals surface area contributed by atoms with Crippen LogP contribution in [0.2, 0.25) is 0 Å². The summed E-state index contributed by atoms with van der Waals surface area (Å²) in [7, 11) is 0. The highest BCUT2D eigenvalue weighted by molar-refractivity contribution is 5.71. The van der Waals surface area contributed by atoms with Crippen molar-refractivity contribution in [2.45, 2.75) is 380 Å². The quantitative estimate of drug-likeness (QED) is 0.0261. The molecule has 1 unspecified atom stereocenters. The van der Waals surface area contributed by atoms with E-state index in [2.05, 4.69) is 93.7 Å². The lowest BCUT2D eigenvalue weighted by Gasteiger charge is -2.18. The number of rotatable bonds is 66. The Kier molecular flexibility index (Phi) is 67.6. The van der Waals surface area contributed by atoms with Crippen LogP contribution in [0.4, 0.5) is 0 Å². The van der Waals surface area contributed by atoms with Crippen LogP contribution in [0.25, 0.3) is 0 Å². The molecule has 0 aromatic carbocycles. The first-order valence-corrected chi connectivity index (χ1v) is 35.9. The summed E-state index contributed by atoms with van der Waals surface area (Å²) in [6.45, 7) is 6.52. The van der Waals surface area contributed by atoms with Crippen molar-refractivity contribution >= 4 is 17.9 Å². The Labute approximate surface area is 510 Å². The van der Waals surface area contributed by atoms with Gasteiger partial charge in [0.25, 0.3) is 0 Å². The molecule has 0 fully saturated rings. The van der Waals surface area contributed by atoms with Gasteiger partial charge in [-0.2, -0.15) is 0 Å². The maximum absolute atomic E-state index is 12.9. The Morgan fingerprint density at radius 2 is 0.488 bits per heavy atom. The van der Waals surface area contributed by atoms with E-state index in [9.17, 15) is 14.4 Å². The van der Waals surface area contributed by atoms with E-state index >= 15 is 0 Å². The number of carbonyl (C=O) groups is 3. The lowest BCUT2D eigenvalue weighted by Crippen LogP contribution is -2.30. The molecule has 1 atom stereocenters. The maximum Gasteiger partial charge on any atom is 0.306 e.